The van der Waals surface area contributed by atoms with Crippen LogP contribution in [-0.2, 0) is 26.2 Å². The molecule has 7 nitrogen and oxygen atoms in total. The lowest BCUT2D eigenvalue weighted by atomic mass is 9.85. The average molecular weight is 393 g/mol. The van der Waals surface area contributed by atoms with Gasteiger partial charge in [0, 0.05) is 31.2 Å². The molecule has 7 heteroatoms. The highest BCUT2D eigenvalue weighted by molar-refractivity contribution is 5.93. The predicted octanol–water partition coefficient (Wildman–Crippen LogP) is 3.53. The van der Waals surface area contributed by atoms with E-state index in [2.05, 4.69) is 13.8 Å². The van der Waals surface area contributed by atoms with Crippen molar-refractivity contribution in [3.63, 3.8) is 0 Å². The average Bonchev–Trinajstić information content (AvgIpc) is 2.90. The summed E-state index contributed by atoms with van der Waals surface area (Å²) < 4.78 is 21.4. The minimum absolute atomic E-state index is 0.239. The monoisotopic (exact) mass is 393 g/mol. The van der Waals surface area contributed by atoms with E-state index in [1.807, 2.05) is 26.8 Å². The van der Waals surface area contributed by atoms with E-state index in [0.717, 1.165) is 11.1 Å². The van der Waals surface area contributed by atoms with Crippen LogP contribution in [-0.4, -0.2) is 56.5 Å². The number of nitrogens with zero attached hydrogens (tertiary/aromatic N) is 1. The predicted molar refractivity (Wildman–Crippen MR) is 105 cm³/mol. The molecule has 0 radical (unpaired) electrons. The highest BCUT2D eigenvalue weighted by Crippen LogP contribution is 2.42. The van der Waals surface area contributed by atoms with Crippen LogP contribution in [0.2, 0.25) is 0 Å². The first-order valence-corrected chi connectivity index (χ1v) is 9.34. The van der Waals surface area contributed by atoms with Gasteiger partial charge >= 0.3 is 12.1 Å². The van der Waals surface area contributed by atoms with Gasteiger partial charge in [-0.1, -0.05) is 13.8 Å². The summed E-state index contributed by atoms with van der Waals surface area (Å²) in [4.78, 5) is 26.5. The second kappa shape index (κ2) is 8.39. The summed E-state index contributed by atoms with van der Waals surface area (Å²) in [5.41, 5.74) is 1.27. The number of esters is 1. The normalized spacial score (nSPS) is 14.8. The lowest BCUT2D eigenvalue weighted by Gasteiger charge is -2.28. The van der Waals surface area contributed by atoms with Crippen LogP contribution in [0.4, 0.5) is 4.79 Å². The summed E-state index contributed by atoms with van der Waals surface area (Å²) >= 11 is 0. The lowest BCUT2D eigenvalue weighted by Crippen LogP contribution is -2.38. The minimum atomic E-state index is -0.604. The number of carbonyl (C=O) groups excluding carboxylic acids is 2. The third-order valence-electron chi connectivity index (χ3n) is 4.45. The number of amides is 1. The van der Waals surface area contributed by atoms with Crippen LogP contribution >= 0.6 is 0 Å². The number of methoxy groups -OCH3 is 2. The quantitative estimate of drug-likeness (QED) is 0.689. The first kappa shape index (κ1) is 22.0. The number of hydrogen-bond acceptors (Lipinski definition) is 6. The Morgan fingerprint density at radius 2 is 1.89 bits per heavy atom. The Bertz CT molecular complexity index is 735. The molecule has 0 atom stereocenters. The number of fused-ring (bicyclic) bond motifs is 1. The Labute approximate surface area is 166 Å². The molecule has 0 unspecified atom stereocenters. The molecule has 1 aromatic rings. The molecule has 1 heterocycles. The van der Waals surface area contributed by atoms with Gasteiger partial charge in [-0.15, -0.1) is 0 Å². The van der Waals surface area contributed by atoms with Crippen molar-refractivity contribution in [3.05, 3.63) is 28.8 Å². The topological polar surface area (TPSA) is 74.3 Å². The standard InChI is InChI=1S/C21H31NO6/c1-20(2,3)28-19(24)22(8-9-25-6)12-14-10-15(18(23)26-7)17-16(11-14)21(4,5)13-27-17/h10-11H,8-9,12-13H2,1-7H3. The van der Waals surface area contributed by atoms with E-state index in [4.69, 9.17) is 18.9 Å². The van der Waals surface area contributed by atoms with Crippen molar-refractivity contribution in [2.75, 3.05) is 34.0 Å². The number of hydrogen-bond donors (Lipinski definition) is 0. The van der Waals surface area contributed by atoms with E-state index in [0.29, 0.717) is 31.1 Å². The molecular weight excluding hydrogens is 362 g/mol. The van der Waals surface area contributed by atoms with Crippen molar-refractivity contribution in [1.29, 1.82) is 0 Å². The van der Waals surface area contributed by atoms with E-state index in [9.17, 15) is 9.59 Å². The van der Waals surface area contributed by atoms with Crippen LogP contribution in [0, 0.1) is 0 Å². The molecule has 1 aliphatic heterocycles. The van der Waals surface area contributed by atoms with Crippen molar-refractivity contribution in [2.45, 2.75) is 52.2 Å². The summed E-state index contributed by atoms with van der Waals surface area (Å²) in [6, 6.07) is 3.70. The van der Waals surface area contributed by atoms with Gasteiger partial charge in [-0.05, 0) is 38.5 Å². The fourth-order valence-electron chi connectivity index (χ4n) is 3.01. The molecule has 0 spiro atoms. The summed E-state index contributed by atoms with van der Waals surface area (Å²) in [7, 11) is 2.92. The van der Waals surface area contributed by atoms with Crippen molar-refractivity contribution in [2.24, 2.45) is 0 Å². The highest BCUT2D eigenvalue weighted by Gasteiger charge is 2.36. The molecule has 0 saturated heterocycles. The smallest absolute Gasteiger partial charge is 0.410 e. The summed E-state index contributed by atoms with van der Waals surface area (Å²) in [6.07, 6.45) is -0.430. The van der Waals surface area contributed by atoms with Crippen molar-refractivity contribution >= 4 is 12.1 Å². The molecule has 0 aromatic heterocycles. The molecule has 0 saturated carbocycles. The summed E-state index contributed by atoms with van der Waals surface area (Å²) in [5.74, 6) is 0.0952. The van der Waals surface area contributed by atoms with E-state index in [-0.39, 0.29) is 12.0 Å². The molecule has 28 heavy (non-hydrogen) atoms. The Hall–Kier alpha value is -2.28. The lowest BCUT2D eigenvalue weighted by molar-refractivity contribution is 0.0184. The maximum Gasteiger partial charge on any atom is 0.410 e. The van der Waals surface area contributed by atoms with Crippen LogP contribution in [0.3, 0.4) is 0 Å². The SMILES string of the molecule is COCCN(Cc1cc(C(=O)OC)c2c(c1)C(C)(C)CO2)C(=O)OC(C)(C)C. The zero-order valence-corrected chi connectivity index (χ0v) is 17.9. The molecule has 0 N–H and O–H groups in total. The van der Waals surface area contributed by atoms with Crippen LogP contribution in [0.5, 0.6) is 5.75 Å². The molecule has 1 aliphatic rings. The first-order valence-electron chi connectivity index (χ1n) is 9.34. The van der Waals surface area contributed by atoms with Gasteiger partial charge in [0.1, 0.15) is 16.9 Å². The first-order chi connectivity index (χ1) is 13.0. The molecular formula is C21H31NO6. The second-order valence-electron chi connectivity index (χ2n) is 8.58. The van der Waals surface area contributed by atoms with Gasteiger partial charge in [0.25, 0.3) is 0 Å². The molecule has 156 valence electrons. The van der Waals surface area contributed by atoms with Gasteiger partial charge in [0.05, 0.1) is 20.3 Å². The van der Waals surface area contributed by atoms with E-state index in [1.54, 1.807) is 18.1 Å². The Kier molecular flexibility index (Phi) is 6.59. The van der Waals surface area contributed by atoms with Crippen LogP contribution in [0.1, 0.15) is 56.1 Å². The molecule has 0 bridgehead atoms. The van der Waals surface area contributed by atoms with Crippen LogP contribution in [0.25, 0.3) is 0 Å². The van der Waals surface area contributed by atoms with Gasteiger partial charge < -0.3 is 23.8 Å². The van der Waals surface area contributed by atoms with Crippen molar-refractivity contribution < 1.29 is 28.5 Å². The van der Waals surface area contributed by atoms with E-state index >= 15 is 0 Å². The fourth-order valence-corrected chi connectivity index (χ4v) is 3.01. The Balaban J connectivity index is 2.38. The van der Waals surface area contributed by atoms with Crippen LogP contribution in [0.15, 0.2) is 12.1 Å². The Morgan fingerprint density at radius 1 is 1.21 bits per heavy atom. The third kappa shape index (κ3) is 5.16. The molecule has 0 aliphatic carbocycles. The van der Waals surface area contributed by atoms with Gasteiger partial charge in [0.2, 0.25) is 0 Å². The maximum atomic E-state index is 12.6. The van der Waals surface area contributed by atoms with E-state index in [1.165, 1.54) is 7.11 Å². The molecule has 1 aromatic carbocycles. The van der Waals surface area contributed by atoms with Gasteiger partial charge in [0.15, 0.2) is 0 Å². The molecule has 1 amide bonds. The second-order valence-corrected chi connectivity index (χ2v) is 8.58. The van der Waals surface area contributed by atoms with Gasteiger partial charge in [-0.2, -0.15) is 0 Å². The molecule has 2 rings (SSSR count). The highest BCUT2D eigenvalue weighted by atomic mass is 16.6. The van der Waals surface area contributed by atoms with Gasteiger partial charge in [-0.3, -0.25) is 0 Å². The number of rotatable bonds is 6. The zero-order chi connectivity index (χ0) is 21.1. The summed E-state index contributed by atoms with van der Waals surface area (Å²) in [5, 5.41) is 0. The minimum Gasteiger partial charge on any atom is -0.491 e. The fraction of sp³-hybridized carbons (Fsp3) is 0.619. The number of benzene rings is 1. The maximum absolute atomic E-state index is 12.6. The zero-order valence-electron chi connectivity index (χ0n) is 17.9. The van der Waals surface area contributed by atoms with Crippen molar-refractivity contribution in [3.8, 4) is 5.75 Å². The number of carbonyl (C=O) groups is 2. The van der Waals surface area contributed by atoms with E-state index < -0.39 is 17.7 Å². The number of ether oxygens (including phenoxy) is 4. The van der Waals surface area contributed by atoms with Crippen molar-refractivity contribution in [1.82, 2.24) is 4.90 Å². The molecule has 0 fully saturated rings. The third-order valence-corrected chi connectivity index (χ3v) is 4.45. The largest absolute Gasteiger partial charge is 0.491 e. The van der Waals surface area contributed by atoms with Crippen LogP contribution < -0.4 is 4.74 Å². The summed E-state index contributed by atoms with van der Waals surface area (Å²) in [6.45, 7) is 11.1. The Morgan fingerprint density at radius 3 is 2.46 bits per heavy atom. The van der Waals surface area contributed by atoms with Gasteiger partial charge in [-0.25, -0.2) is 9.59 Å².